The number of unbranched alkanes of at least 4 members (excludes halogenated alkanes) is 6. The van der Waals surface area contributed by atoms with E-state index in [1.165, 1.54) is 24.8 Å². The Morgan fingerprint density at radius 3 is 2.33 bits per heavy atom. The first-order valence-electron chi connectivity index (χ1n) is 15.3. The van der Waals surface area contributed by atoms with Gasteiger partial charge in [-0.1, -0.05) is 45.4 Å². The molecule has 0 amide bonds. The zero-order chi connectivity index (χ0) is 33.1. The van der Waals surface area contributed by atoms with Gasteiger partial charge in [0.15, 0.2) is 22.9 Å². The van der Waals surface area contributed by atoms with Crippen molar-refractivity contribution >= 4 is 27.7 Å². The Bertz CT molecular complexity index is 1750. The molecule has 4 aromatic rings. The molecule has 13 heteroatoms. The summed E-state index contributed by atoms with van der Waals surface area (Å²) in [6.07, 6.45) is -0.233. The maximum atomic E-state index is 13.9. The second-order valence-electron chi connectivity index (χ2n) is 11.5. The molecule has 0 spiro atoms. The third kappa shape index (κ3) is 6.42. The second kappa shape index (κ2) is 14.1. The van der Waals surface area contributed by atoms with Crippen LogP contribution in [0.25, 0.3) is 33.3 Å². The van der Waals surface area contributed by atoms with Gasteiger partial charge in [-0.05, 0) is 18.6 Å². The zero-order valence-corrected chi connectivity index (χ0v) is 25.2. The fraction of sp³-hybridized carbons (Fsp3) is 0.455. The smallest absolute Gasteiger partial charge is 0.239 e. The van der Waals surface area contributed by atoms with E-state index in [4.69, 9.17) is 18.3 Å². The van der Waals surface area contributed by atoms with Gasteiger partial charge in [0, 0.05) is 29.5 Å². The highest BCUT2D eigenvalue weighted by atomic mass is 16.7. The summed E-state index contributed by atoms with van der Waals surface area (Å²) in [5.41, 5.74) is -1.18. The molecule has 0 aliphatic carbocycles. The van der Waals surface area contributed by atoms with E-state index < -0.39 is 65.4 Å². The van der Waals surface area contributed by atoms with Gasteiger partial charge in [0.05, 0.1) is 12.2 Å². The van der Waals surface area contributed by atoms with E-state index in [0.29, 0.717) is 6.42 Å². The number of aliphatic hydroxyl groups excluding tert-OH is 4. The summed E-state index contributed by atoms with van der Waals surface area (Å²) in [6.45, 7) is 1.38. The van der Waals surface area contributed by atoms with Crippen LogP contribution >= 0.6 is 0 Å². The molecule has 1 aliphatic rings. The number of fused-ring (bicyclic) bond motifs is 2. The van der Waals surface area contributed by atoms with Crippen molar-refractivity contribution in [2.75, 3.05) is 6.61 Å². The lowest BCUT2D eigenvalue weighted by molar-refractivity contribution is -0.277. The van der Waals surface area contributed by atoms with Crippen molar-refractivity contribution < 1.29 is 58.8 Å². The predicted octanol–water partition coefficient (Wildman–Crippen LogP) is 3.83. The minimum Gasteiger partial charge on any atom is -0.508 e. The van der Waals surface area contributed by atoms with Crippen LogP contribution in [0, 0.1) is 0 Å². The van der Waals surface area contributed by atoms with Crippen LogP contribution < -0.4 is 10.2 Å². The molecule has 7 N–H and O–H groups in total. The number of hydrogen-bond donors (Lipinski definition) is 7. The van der Waals surface area contributed by atoms with Gasteiger partial charge < -0.3 is 54.1 Å². The molecule has 2 aromatic carbocycles. The maximum Gasteiger partial charge on any atom is 0.239 e. The summed E-state index contributed by atoms with van der Waals surface area (Å²) in [6, 6.07) is 4.58. The lowest BCUT2D eigenvalue weighted by Gasteiger charge is -2.39. The Morgan fingerprint density at radius 1 is 0.891 bits per heavy atom. The van der Waals surface area contributed by atoms with Crippen LogP contribution in [0.4, 0.5) is 0 Å². The van der Waals surface area contributed by atoms with Crippen LogP contribution in [0.5, 0.6) is 23.0 Å². The zero-order valence-electron chi connectivity index (χ0n) is 25.2. The average Bonchev–Trinajstić information content (AvgIpc) is 3.48. The van der Waals surface area contributed by atoms with Gasteiger partial charge >= 0.3 is 0 Å². The van der Waals surface area contributed by atoms with Gasteiger partial charge in [0.2, 0.25) is 17.5 Å². The number of aliphatic hydroxyl groups is 4. The molecule has 1 aliphatic heterocycles. The van der Waals surface area contributed by atoms with E-state index in [9.17, 15) is 45.3 Å². The van der Waals surface area contributed by atoms with Crippen LogP contribution in [0.1, 0.15) is 68.6 Å². The normalized spacial score (nSPS) is 21.6. The highest BCUT2D eigenvalue weighted by molar-refractivity contribution is 6.13. The van der Waals surface area contributed by atoms with E-state index in [0.717, 1.165) is 44.2 Å². The van der Waals surface area contributed by atoms with Crippen LogP contribution in [-0.4, -0.2) is 78.8 Å². The molecule has 1 saturated heterocycles. The number of Topliss-reactive ketones (excluding diaryl/α,β-unsaturated/α-hetero) is 1. The molecule has 5 rings (SSSR count). The van der Waals surface area contributed by atoms with E-state index in [2.05, 4.69) is 6.92 Å². The highest BCUT2D eigenvalue weighted by Gasteiger charge is 2.45. The third-order valence-corrected chi connectivity index (χ3v) is 8.25. The van der Waals surface area contributed by atoms with E-state index in [1.807, 2.05) is 0 Å². The standard InChI is InChI=1S/C33H38O13/c1-2-3-4-5-6-7-8-9-19(36)18-15-43-31-20(37)11-10-17(24(18)31)30-32(27(40)25-21(38)12-16(35)13-22(25)44-30)46-33-29(42)28(41)26(39)23(14-34)45-33/h10-13,15,23,26,28-29,33-35,37-39,41-42H,2-9,14H2,1H3. The van der Waals surface area contributed by atoms with Gasteiger partial charge in [-0.25, -0.2) is 0 Å². The van der Waals surface area contributed by atoms with Gasteiger partial charge in [0.1, 0.15) is 53.1 Å². The minimum atomic E-state index is -1.90. The second-order valence-corrected chi connectivity index (χ2v) is 11.5. The first kappa shape index (κ1) is 33.2. The SMILES string of the molecule is CCCCCCCCCC(=O)c1coc2c(O)ccc(-c3oc4cc(O)cc(O)c4c(=O)c3OC3OC(CO)C(O)C(O)C3O)c12. The van der Waals surface area contributed by atoms with Crippen molar-refractivity contribution in [2.24, 2.45) is 0 Å². The molecule has 46 heavy (non-hydrogen) atoms. The topological polar surface area (TPSA) is 220 Å². The molecule has 0 bridgehead atoms. The summed E-state index contributed by atoms with van der Waals surface area (Å²) in [5.74, 6) is -2.66. The molecule has 1 fully saturated rings. The number of benzene rings is 2. The molecular weight excluding hydrogens is 604 g/mol. The number of ketones is 1. The first-order valence-corrected chi connectivity index (χ1v) is 15.3. The van der Waals surface area contributed by atoms with Crippen molar-refractivity contribution in [1.82, 2.24) is 0 Å². The number of phenolic OH excluding ortho intramolecular Hbond substituents is 3. The number of ether oxygens (including phenoxy) is 2. The van der Waals surface area contributed by atoms with Crippen molar-refractivity contribution in [3.63, 3.8) is 0 Å². The van der Waals surface area contributed by atoms with Crippen LogP contribution in [0.2, 0.25) is 0 Å². The Morgan fingerprint density at radius 2 is 1.61 bits per heavy atom. The first-order chi connectivity index (χ1) is 22.1. The molecule has 0 radical (unpaired) electrons. The summed E-state index contributed by atoms with van der Waals surface area (Å²) < 4.78 is 22.9. The van der Waals surface area contributed by atoms with Gasteiger partial charge in [-0.15, -0.1) is 0 Å². The Kier molecular flexibility index (Phi) is 10.2. The number of phenols is 3. The molecule has 0 saturated carbocycles. The van der Waals surface area contributed by atoms with Crippen molar-refractivity contribution in [3.8, 4) is 34.3 Å². The molecule has 2 aromatic heterocycles. The predicted molar refractivity (Wildman–Crippen MR) is 164 cm³/mol. The summed E-state index contributed by atoms with van der Waals surface area (Å²) in [7, 11) is 0. The van der Waals surface area contributed by atoms with Gasteiger partial charge in [-0.3, -0.25) is 9.59 Å². The van der Waals surface area contributed by atoms with Gasteiger partial charge in [-0.2, -0.15) is 0 Å². The number of hydrogen-bond acceptors (Lipinski definition) is 13. The van der Waals surface area contributed by atoms with Crippen molar-refractivity contribution in [1.29, 1.82) is 0 Å². The van der Waals surface area contributed by atoms with Crippen molar-refractivity contribution in [3.05, 3.63) is 46.3 Å². The molecule has 13 nitrogen and oxygen atoms in total. The van der Waals surface area contributed by atoms with E-state index in [-0.39, 0.29) is 51.4 Å². The Hall–Kier alpha value is -4.14. The summed E-state index contributed by atoms with van der Waals surface area (Å²) in [5, 5.41) is 71.8. The third-order valence-electron chi connectivity index (χ3n) is 8.25. The fourth-order valence-corrected chi connectivity index (χ4v) is 5.74. The number of carbonyl (C=O) groups excluding carboxylic acids is 1. The average molecular weight is 643 g/mol. The molecular formula is C33H38O13. The van der Waals surface area contributed by atoms with E-state index >= 15 is 0 Å². The lowest BCUT2D eigenvalue weighted by Crippen LogP contribution is -2.60. The number of rotatable bonds is 13. The monoisotopic (exact) mass is 642 g/mol. The fourth-order valence-electron chi connectivity index (χ4n) is 5.74. The molecule has 5 atom stereocenters. The van der Waals surface area contributed by atoms with Crippen LogP contribution in [0.15, 0.2) is 44.2 Å². The van der Waals surface area contributed by atoms with Crippen LogP contribution in [0.3, 0.4) is 0 Å². The quantitative estimate of drug-likeness (QED) is 0.0815. The number of carbonyl (C=O) groups is 1. The van der Waals surface area contributed by atoms with Crippen LogP contribution in [-0.2, 0) is 4.74 Å². The van der Waals surface area contributed by atoms with E-state index in [1.54, 1.807) is 0 Å². The molecule has 3 heterocycles. The molecule has 5 unspecified atom stereocenters. The lowest BCUT2D eigenvalue weighted by atomic mass is 9.97. The van der Waals surface area contributed by atoms with Gasteiger partial charge in [0.25, 0.3) is 0 Å². The Balaban J connectivity index is 1.61. The Labute approximate surface area is 262 Å². The number of aromatic hydroxyl groups is 3. The summed E-state index contributed by atoms with van der Waals surface area (Å²) in [4.78, 5) is 27.3. The number of furan rings is 1. The largest absolute Gasteiger partial charge is 0.508 e. The summed E-state index contributed by atoms with van der Waals surface area (Å²) >= 11 is 0. The minimum absolute atomic E-state index is 0.0471. The van der Waals surface area contributed by atoms with Crippen molar-refractivity contribution in [2.45, 2.75) is 89.0 Å². The maximum absolute atomic E-state index is 13.9. The highest BCUT2D eigenvalue weighted by Crippen LogP contribution is 2.43. The molecule has 248 valence electrons.